The molecule has 0 fully saturated rings. The SMILES string of the molecule is CCCCOC(=O)c1cccc(C(C)C)c1C(=O)OCCCC. The topological polar surface area (TPSA) is 52.6 Å². The molecule has 0 spiro atoms. The van der Waals surface area contributed by atoms with Crippen LogP contribution in [0.25, 0.3) is 0 Å². The van der Waals surface area contributed by atoms with Crippen molar-refractivity contribution < 1.29 is 19.1 Å². The van der Waals surface area contributed by atoms with Crippen LogP contribution in [0.1, 0.15) is 85.6 Å². The van der Waals surface area contributed by atoms with E-state index in [1.54, 1.807) is 12.1 Å². The molecule has 0 N–H and O–H groups in total. The molecule has 4 heteroatoms. The first-order valence-corrected chi connectivity index (χ1v) is 8.50. The number of ether oxygens (including phenoxy) is 2. The zero-order chi connectivity index (χ0) is 17.2. The van der Waals surface area contributed by atoms with Crippen molar-refractivity contribution in [2.75, 3.05) is 13.2 Å². The molecule has 128 valence electrons. The van der Waals surface area contributed by atoms with Crippen molar-refractivity contribution in [1.82, 2.24) is 0 Å². The van der Waals surface area contributed by atoms with Gasteiger partial charge in [-0.3, -0.25) is 0 Å². The summed E-state index contributed by atoms with van der Waals surface area (Å²) in [7, 11) is 0. The summed E-state index contributed by atoms with van der Waals surface area (Å²) < 4.78 is 10.6. The minimum absolute atomic E-state index is 0.118. The first kappa shape index (κ1) is 19.2. The largest absolute Gasteiger partial charge is 0.462 e. The van der Waals surface area contributed by atoms with Crippen LogP contribution in [0.4, 0.5) is 0 Å². The van der Waals surface area contributed by atoms with Gasteiger partial charge in [-0.1, -0.05) is 52.7 Å². The highest BCUT2D eigenvalue weighted by Gasteiger charge is 2.24. The Morgan fingerprint density at radius 1 is 0.957 bits per heavy atom. The Morgan fingerprint density at radius 3 is 2.04 bits per heavy atom. The average molecular weight is 320 g/mol. The van der Waals surface area contributed by atoms with Crippen LogP contribution in [0.2, 0.25) is 0 Å². The van der Waals surface area contributed by atoms with Gasteiger partial charge < -0.3 is 9.47 Å². The van der Waals surface area contributed by atoms with Gasteiger partial charge in [0.2, 0.25) is 0 Å². The maximum Gasteiger partial charge on any atom is 0.339 e. The molecule has 0 aliphatic rings. The van der Waals surface area contributed by atoms with Crippen molar-refractivity contribution >= 4 is 11.9 Å². The molecule has 0 heterocycles. The van der Waals surface area contributed by atoms with Crippen molar-refractivity contribution in [2.45, 2.75) is 59.3 Å². The fourth-order valence-electron chi connectivity index (χ4n) is 2.22. The molecule has 0 aromatic heterocycles. The van der Waals surface area contributed by atoms with E-state index in [9.17, 15) is 9.59 Å². The van der Waals surface area contributed by atoms with E-state index in [4.69, 9.17) is 9.47 Å². The maximum absolute atomic E-state index is 12.5. The van der Waals surface area contributed by atoms with E-state index in [0.29, 0.717) is 24.3 Å². The minimum Gasteiger partial charge on any atom is -0.462 e. The van der Waals surface area contributed by atoms with E-state index >= 15 is 0 Å². The summed E-state index contributed by atoms with van der Waals surface area (Å²) >= 11 is 0. The van der Waals surface area contributed by atoms with Crippen LogP contribution >= 0.6 is 0 Å². The zero-order valence-corrected chi connectivity index (χ0v) is 14.7. The van der Waals surface area contributed by atoms with Crippen LogP contribution < -0.4 is 0 Å². The number of rotatable bonds is 9. The van der Waals surface area contributed by atoms with Gasteiger partial charge in [-0.15, -0.1) is 0 Å². The Morgan fingerprint density at radius 2 is 1.52 bits per heavy atom. The fourth-order valence-corrected chi connectivity index (χ4v) is 2.22. The number of hydrogen-bond acceptors (Lipinski definition) is 4. The molecule has 0 saturated carbocycles. The van der Waals surface area contributed by atoms with Gasteiger partial charge in [-0.2, -0.15) is 0 Å². The number of esters is 2. The molecule has 0 amide bonds. The molecule has 0 aliphatic carbocycles. The summed E-state index contributed by atoms with van der Waals surface area (Å²) in [6, 6.07) is 5.29. The van der Waals surface area contributed by atoms with E-state index in [2.05, 4.69) is 0 Å². The molecule has 0 bridgehead atoms. The molecular weight excluding hydrogens is 292 g/mol. The molecule has 1 aromatic rings. The lowest BCUT2D eigenvalue weighted by Gasteiger charge is -2.16. The van der Waals surface area contributed by atoms with E-state index in [-0.39, 0.29) is 5.92 Å². The lowest BCUT2D eigenvalue weighted by molar-refractivity contribution is 0.0451. The standard InChI is InChI=1S/C19H28O4/c1-5-7-12-22-18(20)16-11-9-10-15(14(3)4)17(16)19(21)23-13-8-6-2/h9-11,14H,5-8,12-13H2,1-4H3. The minimum atomic E-state index is -0.455. The van der Waals surface area contributed by atoms with E-state index < -0.39 is 11.9 Å². The van der Waals surface area contributed by atoms with Crippen LogP contribution in [0, 0.1) is 0 Å². The second-order valence-electron chi connectivity index (χ2n) is 5.90. The average Bonchev–Trinajstić information content (AvgIpc) is 2.54. The molecular formula is C19H28O4. The number of unbranched alkanes of at least 4 members (excludes halogenated alkanes) is 2. The van der Waals surface area contributed by atoms with Crippen LogP contribution in [0.5, 0.6) is 0 Å². The van der Waals surface area contributed by atoms with Gasteiger partial charge >= 0.3 is 11.9 Å². The first-order valence-electron chi connectivity index (χ1n) is 8.50. The molecule has 0 atom stereocenters. The monoisotopic (exact) mass is 320 g/mol. The Kier molecular flexibility index (Phi) is 8.38. The molecule has 0 aliphatic heterocycles. The number of carbonyl (C=O) groups excluding carboxylic acids is 2. The highest BCUT2D eigenvalue weighted by molar-refractivity contribution is 6.04. The first-order chi connectivity index (χ1) is 11.0. The molecule has 1 aromatic carbocycles. The van der Waals surface area contributed by atoms with Crippen molar-refractivity contribution in [3.05, 3.63) is 34.9 Å². The van der Waals surface area contributed by atoms with Gasteiger partial charge in [-0.25, -0.2) is 9.59 Å². The third-order valence-electron chi connectivity index (χ3n) is 3.60. The highest BCUT2D eigenvalue weighted by atomic mass is 16.5. The van der Waals surface area contributed by atoms with Gasteiger partial charge in [0.05, 0.1) is 24.3 Å². The van der Waals surface area contributed by atoms with Gasteiger partial charge in [0.15, 0.2) is 0 Å². The van der Waals surface area contributed by atoms with Crippen molar-refractivity contribution in [3.63, 3.8) is 0 Å². The Bertz CT molecular complexity index is 520. The third kappa shape index (κ3) is 5.70. The summed E-state index contributed by atoms with van der Waals surface area (Å²) in [6.07, 6.45) is 3.52. The number of benzene rings is 1. The molecule has 4 nitrogen and oxygen atoms in total. The van der Waals surface area contributed by atoms with E-state index in [0.717, 1.165) is 31.2 Å². The van der Waals surface area contributed by atoms with E-state index in [1.165, 1.54) is 0 Å². The Hall–Kier alpha value is -1.84. The molecule has 1 rings (SSSR count). The summed E-state index contributed by atoms with van der Waals surface area (Å²) in [4.78, 5) is 24.8. The lowest BCUT2D eigenvalue weighted by Crippen LogP contribution is -2.18. The summed E-state index contributed by atoms with van der Waals surface area (Å²) in [5, 5.41) is 0. The third-order valence-corrected chi connectivity index (χ3v) is 3.60. The van der Waals surface area contributed by atoms with Gasteiger partial charge in [0.1, 0.15) is 0 Å². The maximum atomic E-state index is 12.5. The zero-order valence-electron chi connectivity index (χ0n) is 14.7. The predicted octanol–water partition coefficient (Wildman–Crippen LogP) is 4.72. The molecule has 0 saturated heterocycles. The fraction of sp³-hybridized carbons (Fsp3) is 0.579. The summed E-state index contributed by atoms with van der Waals surface area (Å²) in [5.41, 5.74) is 1.46. The second-order valence-corrected chi connectivity index (χ2v) is 5.90. The highest BCUT2D eigenvalue weighted by Crippen LogP contribution is 2.24. The predicted molar refractivity (Wildman–Crippen MR) is 90.9 cm³/mol. The second kappa shape index (κ2) is 10.0. The smallest absolute Gasteiger partial charge is 0.339 e. The lowest BCUT2D eigenvalue weighted by atomic mass is 9.93. The van der Waals surface area contributed by atoms with Crippen LogP contribution in [0.15, 0.2) is 18.2 Å². The quantitative estimate of drug-likeness (QED) is 0.488. The van der Waals surface area contributed by atoms with Crippen LogP contribution in [-0.4, -0.2) is 25.2 Å². The molecule has 0 radical (unpaired) electrons. The summed E-state index contributed by atoms with van der Waals surface area (Å²) in [5.74, 6) is -0.777. The Labute approximate surface area is 139 Å². The van der Waals surface area contributed by atoms with Gasteiger partial charge in [0.25, 0.3) is 0 Å². The summed E-state index contributed by atoms with van der Waals surface area (Å²) in [6.45, 7) is 8.78. The van der Waals surface area contributed by atoms with Crippen molar-refractivity contribution in [3.8, 4) is 0 Å². The van der Waals surface area contributed by atoms with Crippen molar-refractivity contribution in [2.24, 2.45) is 0 Å². The van der Waals surface area contributed by atoms with Crippen LogP contribution in [0.3, 0.4) is 0 Å². The van der Waals surface area contributed by atoms with Crippen molar-refractivity contribution in [1.29, 1.82) is 0 Å². The molecule has 23 heavy (non-hydrogen) atoms. The Balaban J connectivity index is 3.06. The van der Waals surface area contributed by atoms with Crippen LogP contribution in [-0.2, 0) is 9.47 Å². The normalized spacial score (nSPS) is 10.7. The number of hydrogen-bond donors (Lipinski definition) is 0. The van der Waals surface area contributed by atoms with Gasteiger partial charge in [0, 0.05) is 0 Å². The van der Waals surface area contributed by atoms with Gasteiger partial charge in [-0.05, 0) is 30.4 Å². The molecule has 0 unspecified atom stereocenters. The van der Waals surface area contributed by atoms with E-state index in [1.807, 2.05) is 33.8 Å². The number of carbonyl (C=O) groups is 2.